The van der Waals surface area contributed by atoms with Crippen molar-refractivity contribution in [2.45, 2.75) is 19.4 Å². The molecule has 0 aliphatic rings. The smallest absolute Gasteiger partial charge is 0.131 e. The molecule has 0 aliphatic carbocycles. The van der Waals surface area contributed by atoms with E-state index < -0.39 is 0 Å². The second-order valence-electron chi connectivity index (χ2n) is 4.05. The highest BCUT2D eigenvalue weighted by Crippen LogP contribution is 2.20. The summed E-state index contributed by atoms with van der Waals surface area (Å²) in [5, 5.41) is 0. The van der Waals surface area contributed by atoms with Crippen molar-refractivity contribution in [3.63, 3.8) is 0 Å². The molecule has 0 saturated carbocycles. The van der Waals surface area contributed by atoms with Crippen molar-refractivity contribution in [3.05, 3.63) is 48.3 Å². The van der Waals surface area contributed by atoms with E-state index in [9.17, 15) is 4.39 Å². The first kappa shape index (κ1) is 11.7. The molecule has 1 aromatic carbocycles. The summed E-state index contributed by atoms with van der Waals surface area (Å²) in [4.78, 5) is 8.36. The predicted octanol–water partition coefficient (Wildman–Crippen LogP) is 2.17. The maximum atomic E-state index is 13.5. The van der Waals surface area contributed by atoms with E-state index in [-0.39, 0.29) is 11.9 Å². The molecule has 1 heterocycles. The molecule has 0 radical (unpaired) electrons. The molecular weight excluding hydrogens is 217 g/mol. The van der Waals surface area contributed by atoms with Crippen molar-refractivity contribution in [1.82, 2.24) is 9.97 Å². The number of halogens is 1. The van der Waals surface area contributed by atoms with Gasteiger partial charge in [0.1, 0.15) is 11.6 Å². The molecule has 2 aromatic rings. The number of hydrogen-bond acceptors (Lipinski definition) is 3. The fourth-order valence-corrected chi connectivity index (χ4v) is 1.58. The Hall–Kier alpha value is -1.81. The molecule has 3 nitrogen and oxygen atoms in total. The third-order valence-corrected chi connectivity index (χ3v) is 2.39. The molecule has 17 heavy (non-hydrogen) atoms. The quantitative estimate of drug-likeness (QED) is 0.880. The summed E-state index contributed by atoms with van der Waals surface area (Å²) in [6, 6.07) is 6.59. The molecule has 4 heteroatoms. The van der Waals surface area contributed by atoms with E-state index in [0.717, 1.165) is 0 Å². The van der Waals surface area contributed by atoms with Crippen LogP contribution in [0, 0.1) is 5.82 Å². The van der Waals surface area contributed by atoms with Gasteiger partial charge in [-0.25, -0.2) is 14.4 Å². The van der Waals surface area contributed by atoms with E-state index in [1.165, 1.54) is 6.07 Å². The van der Waals surface area contributed by atoms with Crippen LogP contribution in [0.2, 0.25) is 0 Å². The van der Waals surface area contributed by atoms with Crippen molar-refractivity contribution in [1.29, 1.82) is 0 Å². The van der Waals surface area contributed by atoms with Gasteiger partial charge in [-0.1, -0.05) is 18.2 Å². The summed E-state index contributed by atoms with van der Waals surface area (Å²) in [5.41, 5.74) is 6.85. The Labute approximate surface area is 99.5 Å². The Morgan fingerprint density at radius 1 is 1.24 bits per heavy atom. The van der Waals surface area contributed by atoms with Crippen LogP contribution in [0.5, 0.6) is 0 Å². The molecule has 88 valence electrons. The third-order valence-electron chi connectivity index (χ3n) is 2.39. The van der Waals surface area contributed by atoms with Gasteiger partial charge in [0.25, 0.3) is 0 Å². The summed E-state index contributed by atoms with van der Waals surface area (Å²) in [7, 11) is 0. The zero-order valence-corrected chi connectivity index (χ0v) is 9.60. The summed E-state index contributed by atoms with van der Waals surface area (Å²) >= 11 is 0. The first-order valence-corrected chi connectivity index (χ1v) is 5.48. The van der Waals surface area contributed by atoms with Crippen LogP contribution in [0.25, 0.3) is 11.1 Å². The summed E-state index contributed by atoms with van der Waals surface area (Å²) < 4.78 is 13.5. The van der Waals surface area contributed by atoms with Crippen molar-refractivity contribution < 1.29 is 4.39 Å². The largest absolute Gasteiger partial charge is 0.328 e. The third kappa shape index (κ3) is 2.85. The highest BCUT2D eigenvalue weighted by atomic mass is 19.1. The molecule has 2 rings (SSSR count). The second kappa shape index (κ2) is 5.01. The molecular formula is C13H14FN3. The fraction of sp³-hybridized carbons (Fsp3) is 0.231. The van der Waals surface area contributed by atoms with Crippen LogP contribution in [0.4, 0.5) is 4.39 Å². The van der Waals surface area contributed by atoms with E-state index in [1.54, 1.807) is 30.6 Å². The predicted molar refractivity (Wildman–Crippen MR) is 64.8 cm³/mol. The Balaban J connectivity index is 2.27. The number of aromatic nitrogens is 2. The molecule has 1 aromatic heterocycles. The minimum atomic E-state index is -0.268. The zero-order valence-electron chi connectivity index (χ0n) is 9.60. The van der Waals surface area contributed by atoms with Gasteiger partial charge in [0.05, 0.1) is 0 Å². The molecule has 2 N–H and O–H groups in total. The van der Waals surface area contributed by atoms with Gasteiger partial charge < -0.3 is 5.73 Å². The van der Waals surface area contributed by atoms with Gasteiger partial charge >= 0.3 is 0 Å². The van der Waals surface area contributed by atoms with E-state index >= 15 is 0 Å². The van der Waals surface area contributed by atoms with E-state index in [2.05, 4.69) is 9.97 Å². The van der Waals surface area contributed by atoms with Gasteiger partial charge in [0.2, 0.25) is 0 Å². The average Bonchev–Trinajstić information content (AvgIpc) is 2.30. The molecule has 0 spiro atoms. The van der Waals surface area contributed by atoms with Gasteiger partial charge in [-0.15, -0.1) is 0 Å². The molecule has 0 fully saturated rings. The first-order valence-electron chi connectivity index (χ1n) is 5.48. The van der Waals surface area contributed by atoms with Crippen molar-refractivity contribution in [2.75, 3.05) is 0 Å². The number of hydrogen-bond donors (Lipinski definition) is 1. The maximum Gasteiger partial charge on any atom is 0.131 e. The molecule has 1 unspecified atom stereocenters. The Morgan fingerprint density at radius 3 is 2.47 bits per heavy atom. The van der Waals surface area contributed by atoms with Crippen LogP contribution in [-0.2, 0) is 6.42 Å². The summed E-state index contributed by atoms with van der Waals surface area (Å²) in [6.07, 6.45) is 3.88. The van der Waals surface area contributed by atoms with Crippen LogP contribution in [-0.4, -0.2) is 16.0 Å². The van der Waals surface area contributed by atoms with Crippen LogP contribution in [0.3, 0.4) is 0 Å². The van der Waals surface area contributed by atoms with E-state index in [0.29, 0.717) is 23.4 Å². The molecule has 0 bridgehead atoms. The van der Waals surface area contributed by atoms with Crippen molar-refractivity contribution in [2.24, 2.45) is 5.73 Å². The highest BCUT2D eigenvalue weighted by molar-refractivity contribution is 5.61. The van der Waals surface area contributed by atoms with Crippen LogP contribution in [0.1, 0.15) is 12.7 Å². The van der Waals surface area contributed by atoms with E-state index in [1.807, 2.05) is 6.92 Å². The van der Waals surface area contributed by atoms with Crippen LogP contribution in [0.15, 0.2) is 36.7 Å². The fourth-order valence-electron chi connectivity index (χ4n) is 1.58. The maximum absolute atomic E-state index is 13.5. The SMILES string of the molecule is CC(N)Cc1ncc(-c2ccccc2F)cn1. The topological polar surface area (TPSA) is 51.8 Å². The normalized spacial score (nSPS) is 12.4. The summed E-state index contributed by atoms with van der Waals surface area (Å²) in [6.45, 7) is 1.90. The Morgan fingerprint density at radius 2 is 1.88 bits per heavy atom. The minimum absolute atomic E-state index is 0.0225. The lowest BCUT2D eigenvalue weighted by molar-refractivity contribution is 0.631. The first-order chi connectivity index (χ1) is 8.16. The Bertz CT molecular complexity index is 494. The number of nitrogens with two attached hydrogens (primary N) is 1. The molecule has 0 saturated heterocycles. The van der Waals surface area contributed by atoms with Gasteiger partial charge in [-0.3, -0.25) is 0 Å². The van der Waals surface area contributed by atoms with Crippen molar-refractivity contribution in [3.8, 4) is 11.1 Å². The number of benzene rings is 1. The molecule has 0 amide bonds. The monoisotopic (exact) mass is 231 g/mol. The highest BCUT2D eigenvalue weighted by Gasteiger charge is 2.06. The lowest BCUT2D eigenvalue weighted by Gasteiger charge is -2.05. The number of nitrogens with zero attached hydrogens (tertiary/aromatic N) is 2. The summed E-state index contributed by atoms with van der Waals surface area (Å²) in [5.74, 6) is 0.413. The standard InChI is InChI=1S/C13H14FN3/c1-9(15)6-13-16-7-10(8-17-13)11-4-2-3-5-12(11)14/h2-5,7-9H,6,15H2,1H3. The zero-order chi connectivity index (χ0) is 12.3. The second-order valence-corrected chi connectivity index (χ2v) is 4.05. The number of rotatable bonds is 3. The van der Waals surface area contributed by atoms with Gasteiger partial charge in [0.15, 0.2) is 0 Å². The van der Waals surface area contributed by atoms with Gasteiger partial charge in [-0.05, 0) is 13.0 Å². The average molecular weight is 231 g/mol. The molecule has 1 atom stereocenters. The minimum Gasteiger partial charge on any atom is -0.328 e. The van der Waals surface area contributed by atoms with Gasteiger partial charge in [-0.2, -0.15) is 0 Å². The van der Waals surface area contributed by atoms with Crippen LogP contribution < -0.4 is 5.73 Å². The lowest BCUT2D eigenvalue weighted by atomic mass is 10.1. The lowest BCUT2D eigenvalue weighted by Crippen LogP contribution is -2.19. The van der Waals surface area contributed by atoms with Crippen molar-refractivity contribution >= 4 is 0 Å². The van der Waals surface area contributed by atoms with Gasteiger partial charge in [0, 0.05) is 36.0 Å². The molecule has 0 aliphatic heterocycles. The van der Waals surface area contributed by atoms with E-state index in [4.69, 9.17) is 5.73 Å². The Kier molecular flexibility index (Phi) is 3.44. The van der Waals surface area contributed by atoms with Crippen LogP contribution >= 0.6 is 0 Å².